The van der Waals surface area contributed by atoms with Gasteiger partial charge < -0.3 is 9.84 Å². The number of hydrogen-bond donors (Lipinski definition) is 1. The van der Waals surface area contributed by atoms with Gasteiger partial charge in [0.05, 0.1) is 18.8 Å². The summed E-state index contributed by atoms with van der Waals surface area (Å²) in [5.74, 6) is -0.359. The van der Waals surface area contributed by atoms with Gasteiger partial charge in [-0.15, -0.1) is 0 Å². The first kappa shape index (κ1) is 22.9. The Hall–Kier alpha value is -1.75. The van der Waals surface area contributed by atoms with Gasteiger partial charge in [-0.3, -0.25) is 4.90 Å². The number of unbranched alkanes of at least 4 members (excludes halogenated alkanes) is 4. The Morgan fingerprint density at radius 3 is 2.30 bits per heavy atom. The van der Waals surface area contributed by atoms with Gasteiger partial charge in [-0.1, -0.05) is 81.5 Å². The van der Waals surface area contributed by atoms with E-state index in [1.807, 2.05) is 18.2 Å². The molecule has 0 amide bonds. The molecule has 1 saturated heterocycles. The first-order valence-corrected chi connectivity index (χ1v) is 11.5. The van der Waals surface area contributed by atoms with E-state index in [4.69, 9.17) is 4.74 Å². The van der Waals surface area contributed by atoms with Crippen LogP contribution in [-0.2, 0) is 10.3 Å². The van der Waals surface area contributed by atoms with Crippen LogP contribution in [0.15, 0.2) is 54.6 Å². The molecule has 0 bridgehead atoms. The third kappa shape index (κ3) is 6.13. The molecule has 3 rings (SSSR count). The van der Waals surface area contributed by atoms with Crippen molar-refractivity contribution in [2.24, 2.45) is 0 Å². The van der Waals surface area contributed by atoms with Crippen molar-refractivity contribution in [2.45, 2.75) is 57.0 Å². The van der Waals surface area contributed by atoms with Crippen molar-refractivity contribution in [3.8, 4) is 0 Å². The van der Waals surface area contributed by atoms with Crippen molar-refractivity contribution in [1.29, 1.82) is 0 Å². The van der Waals surface area contributed by atoms with Crippen molar-refractivity contribution in [1.82, 2.24) is 4.90 Å². The standard InChI is InChI=1S/C26H36FNO2/c1-2-3-4-5-9-16-26(29,23-12-14-24(27)15-13-23)25(22-10-7-6-8-11-22)21-28-17-19-30-20-18-28/h6-8,10-15,25,29H,2-5,9,16-21H2,1H3. The molecule has 1 aliphatic heterocycles. The van der Waals surface area contributed by atoms with Crippen molar-refractivity contribution >= 4 is 0 Å². The molecule has 164 valence electrons. The maximum Gasteiger partial charge on any atom is 0.123 e. The summed E-state index contributed by atoms with van der Waals surface area (Å²) < 4.78 is 19.2. The van der Waals surface area contributed by atoms with Crippen LogP contribution in [-0.4, -0.2) is 42.9 Å². The molecule has 2 aromatic rings. The highest BCUT2D eigenvalue weighted by molar-refractivity contribution is 5.32. The maximum absolute atomic E-state index is 13.7. The van der Waals surface area contributed by atoms with Gasteiger partial charge in [0.2, 0.25) is 0 Å². The molecule has 2 atom stereocenters. The highest BCUT2D eigenvalue weighted by atomic mass is 19.1. The number of hydrogen-bond acceptors (Lipinski definition) is 3. The quantitative estimate of drug-likeness (QED) is 0.495. The molecule has 0 saturated carbocycles. The van der Waals surface area contributed by atoms with Gasteiger partial charge in [-0.05, 0) is 29.7 Å². The molecule has 2 aromatic carbocycles. The summed E-state index contributed by atoms with van der Waals surface area (Å²) in [5.41, 5.74) is 0.894. The van der Waals surface area contributed by atoms with Crippen LogP contribution < -0.4 is 0 Å². The fourth-order valence-corrected chi connectivity index (χ4v) is 4.52. The summed E-state index contributed by atoms with van der Waals surface area (Å²) in [6, 6.07) is 16.8. The van der Waals surface area contributed by atoms with Crippen molar-refractivity contribution in [3.05, 3.63) is 71.5 Å². The van der Waals surface area contributed by atoms with Crippen molar-refractivity contribution in [2.75, 3.05) is 32.8 Å². The SMILES string of the molecule is CCCCCCCC(O)(c1ccc(F)cc1)C(CN1CCOCC1)c1ccccc1. The minimum Gasteiger partial charge on any atom is -0.384 e. The maximum atomic E-state index is 13.7. The average molecular weight is 414 g/mol. The first-order valence-electron chi connectivity index (χ1n) is 11.5. The second-order valence-electron chi connectivity index (χ2n) is 8.47. The largest absolute Gasteiger partial charge is 0.384 e. The highest BCUT2D eigenvalue weighted by Crippen LogP contribution is 2.42. The predicted molar refractivity (Wildman–Crippen MR) is 120 cm³/mol. The van der Waals surface area contributed by atoms with Crippen LogP contribution in [0, 0.1) is 5.82 Å². The van der Waals surface area contributed by atoms with Crippen molar-refractivity contribution < 1.29 is 14.2 Å². The minimum absolute atomic E-state index is 0.0894. The van der Waals surface area contributed by atoms with Crippen LogP contribution in [0.5, 0.6) is 0 Å². The summed E-state index contributed by atoms with van der Waals surface area (Å²) in [5, 5.41) is 12.2. The highest BCUT2D eigenvalue weighted by Gasteiger charge is 2.40. The lowest BCUT2D eigenvalue weighted by atomic mass is 9.74. The molecule has 1 heterocycles. The molecule has 1 aliphatic rings. The zero-order valence-electron chi connectivity index (χ0n) is 18.2. The first-order chi connectivity index (χ1) is 14.6. The van der Waals surface area contributed by atoms with Gasteiger partial charge in [-0.25, -0.2) is 4.39 Å². The predicted octanol–water partition coefficient (Wildman–Crippen LogP) is 5.49. The number of rotatable bonds is 11. The number of halogens is 1. The Kier molecular flexibility index (Phi) is 8.86. The molecule has 30 heavy (non-hydrogen) atoms. The molecule has 4 heteroatoms. The van der Waals surface area contributed by atoms with E-state index in [9.17, 15) is 9.50 Å². The lowest BCUT2D eigenvalue weighted by molar-refractivity contribution is -0.0296. The van der Waals surface area contributed by atoms with Crippen LogP contribution in [0.4, 0.5) is 4.39 Å². The van der Waals surface area contributed by atoms with E-state index in [0.717, 1.165) is 56.8 Å². The number of aliphatic hydroxyl groups is 1. The van der Waals surface area contributed by atoms with E-state index in [-0.39, 0.29) is 11.7 Å². The fraction of sp³-hybridized carbons (Fsp3) is 0.538. The van der Waals surface area contributed by atoms with E-state index in [2.05, 4.69) is 24.0 Å². The number of benzene rings is 2. The fourth-order valence-electron chi connectivity index (χ4n) is 4.52. The van der Waals surface area contributed by atoms with Gasteiger partial charge >= 0.3 is 0 Å². The number of ether oxygens (including phenoxy) is 1. The Morgan fingerprint density at radius 2 is 1.63 bits per heavy atom. The molecule has 2 unspecified atom stereocenters. The Labute approximate surface area is 180 Å². The molecular formula is C26H36FNO2. The third-order valence-electron chi connectivity index (χ3n) is 6.33. The smallest absolute Gasteiger partial charge is 0.123 e. The average Bonchev–Trinajstić information content (AvgIpc) is 2.79. The van der Waals surface area contributed by atoms with Gasteiger partial charge in [0, 0.05) is 25.6 Å². The molecule has 0 aliphatic carbocycles. The summed E-state index contributed by atoms with van der Waals surface area (Å²) in [7, 11) is 0. The van der Waals surface area contributed by atoms with Gasteiger partial charge in [0.25, 0.3) is 0 Å². The number of morpholine rings is 1. The van der Waals surface area contributed by atoms with E-state index in [1.165, 1.54) is 31.4 Å². The Bertz CT molecular complexity index is 730. The lowest BCUT2D eigenvalue weighted by Crippen LogP contribution is -2.45. The summed E-state index contributed by atoms with van der Waals surface area (Å²) >= 11 is 0. The molecule has 3 nitrogen and oxygen atoms in total. The second-order valence-corrected chi connectivity index (χ2v) is 8.47. The van der Waals surface area contributed by atoms with Gasteiger partial charge in [0.1, 0.15) is 5.82 Å². The van der Waals surface area contributed by atoms with Crippen LogP contribution in [0.3, 0.4) is 0 Å². The van der Waals surface area contributed by atoms with Crippen LogP contribution in [0.25, 0.3) is 0 Å². The Balaban J connectivity index is 1.90. The monoisotopic (exact) mass is 413 g/mol. The van der Waals surface area contributed by atoms with E-state index >= 15 is 0 Å². The molecular weight excluding hydrogens is 377 g/mol. The topological polar surface area (TPSA) is 32.7 Å². The third-order valence-corrected chi connectivity index (χ3v) is 6.33. The molecule has 1 N–H and O–H groups in total. The zero-order valence-corrected chi connectivity index (χ0v) is 18.2. The Morgan fingerprint density at radius 1 is 0.967 bits per heavy atom. The van der Waals surface area contributed by atoms with Crippen LogP contribution in [0.1, 0.15) is 62.5 Å². The van der Waals surface area contributed by atoms with Gasteiger partial charge in [-0.2, -0.15) is 0 Å². The summed E-state index contributed by atoms with van der Waals surface area (Å²) in [6.07, 6.45) is 6.36. The van der Waals surface area contributed by atoms with E-state index in [1.54, 1.807) is 12.1 Å². The zero-order chi connectivity index (χ0) is 21.2. The summed E-state index contributed by atoms with van der Waals surface area (Å²) in [6.45, 7) is 6.18. The number of nitrogens with zero attached hydrogens (tertiary/aromatic N) is 1. The molecule has 0 spiro atoms. The normalized spacial score (nSPS) is 18.1. The van der Waals surface area contributed by atoms with Crippen molar-refractivity contribution in [3.63, 3.8) is 0 Å². The minimum atomic E-state index is -1.04. The van der Waals surface area contributed by atoms with E-state index < -0.39 is 5.60 Å². The molecule has 1 fully saturated rings. The molecule has 0 aromatic heterocycles. The van der Waals surface area contributed by atoms with Crippen LogP contribution in [0.2, 0.25) is 0 Å². The lowest BCUT2D eigenvalue weighted by Gasteiger charge is -2.41. The van der Waals surface area contributed by atoms with E-state index in [0.29, 0.717) is 6.42 Å². The van der Waals surface area contributed by atoms with Crippen LogP contribution >= 0.6 is 0 Å². The molecule has 0 radical (unpaired) electrons. The van der Waals surface area contributed by atoms with Gasteiger partial charge in [0.15, 0.2) is 0 Å². The summed E-state index contributed by atoms with van der Waals surface area (Å²) in [4.78, 5) is 2.38. The second kappa shape index (κ2) is 11.6.